The Hall–Kier alpha value is -2.91. The molecular formula is C28H39N3O5. The van der Waals surface area contributed by atoms with E-state index in [0.29, 0.717) is 37.9 Å². The van der Waals surface area contributed by atoms with Crippen molar-refractivity contribution in [2.75, 3.05) is 40.5 Å². The van der Waals surface area contributed by atoms with Crippen LogP contribution in [-0.2, 0) is 23.1 Å². The normalized spacial score (nSPS) is 12.7. The van der Waals surface area contributed by atoms with E-state index < -0.39 is 6.10 Å². The Morgan fingerprint density at radius 1 is 1.00 bits per heavy atom. The third-order valence-electron chi connectivity index (χ3n) is 5.58. The Morgan fingerprint density at radius 2 is 1.67 bits per heavy atom. The van der Waals surface area contributed by atoms with Crippen LogP contribution in [0.1, 0.15) is 26.3 Å². The van der Waals surface area contributed by atoms with Crippen LogP contribution < -0.4 is 9.47 Å². The van der Waals surface area contributed by atoms with Gasteiger partial charge < -0.3 is 24.1 Å². The van der Waals surface area contributed by atoms with Gasteiger partial charge in [-0.3, -0.25) is 4.90 Å². The van der Waals surface area contributed by atoms with E-state index in [9.17, 15) is 5.11 Å². The Labute approximate surface area is 214 Å². The third-order valence-corrected chi connectivity index (χ3v) is 5.58. The van der Waals surface area contributed by atoms with Gasteiger partial charge in [-0.05, 0) is 45.0 Å². The maximum Gasteiger partial charge on any atom is 0.222 e. The summed E-state index contributed by atoms with van der Waals surface area (Å²) >= 11 is 0. The van der Waals surface area contributed by atoms with Crippen LogP contribution in [0.5, 0.6) is 17.4 Å². The molecule has 3 aromatic rings. The number of ether oxygens (including phenoxy) is 4. The van der Waals surface area contributed by atoms with Gasteiger partial charge in [-0.2, -0.15) is 5.10 Å². The lowest BCUT2D eigenvalue weighted by atomic mass is 10.1. The third kappa shape index (κ3) is 8.06. The van der Waals surface area contributed by atoms with Gasteiger partial charge >= 0.3 is 0 Å². The summed E-state index contributed by atoms with van der Waals surface area (Å²) in [6, 6.07) is 17.5. The van der Waals surface area contributed by atoms with Crippen molar-refractivity contribution in [3.05, 3.63) is 60.2 Å². The first-order valence-corrected chi connectivity index (χ1v) is 12.2. The smallest absolute Gasteiger partial charge is 0.222 e. The van der Waals surface area contributed by atoms with E-state index in [0.717, 1.165) is 22.6 Å². The first kappa shape index (κ1) is 27.7. The van der Waals surface area contributed by atoms with Crippen LogP contribution in [0.25, 0.3) is 11.3 Å². The molecule has 1 unspecified atom stereocenters. The molecule has 0 aliphatic heterocycles. The van der Waals surface area contributed by atoms with Crippen molar-refractivity contribution in [2.24, 2.45) is 7.05 Å². The molecule has 36 heavy (non-hydrogen) atoms. The molecule has 0 radical (unpaired) electrons. The summed E-state index contributed by atoms with van der Waals surface area (Å²) < 4.78 is 24.5. The van der Waals surface area contributed by atoms with Gasteiger partial charge in [0.05, 0.1) is 37.6 Å². The minimum absolute atomic E-state index is 0.251. The van der Waals surface area contributed by atoms with Crippen LogP contribution in [0.4, 0.5) is 0 Å². The van der Waals surface area contributed by atoms with E-state index in [1.165, 1.54) is 0 Å². The summed E-state index contributed by atoms with van der Waals surface area (Å²) in [5, 5.41) is 15.5. The molecule has 196 valence electrons. The van der Waals surface area contributed by atoms with Crippen LogP contribution in [0.2, 0.25) is 0 Å². The molecule has 1 heterocycles. The number of nitrogens with zero attached hydrogens (tertiary/aromatic N) is 3. The summed E-state index contributed by atoms with van der Waals surface area (Å²) in [5.41, 5.74) is 2.45. The van der Waals surface area contributed by atoms with Crippen molar-refractivity contribution in [2.45, 2.75) is 39.0 Å². The largest absolute Gasteiger partial charge is 0.497 e. The molecule has 3 rings (SSSR count). The molecule has 1 N–H and O–H groups in total. The predicted octanol–water partition coefficient (Wildman–Crippen LogP) is 4.51. The molecule has 0 aliphatic rings. The standard InChI is InChI=1S/C28H39N3O5/c1-28(2,3)35-20-22(32)18-31(16-17-33-5)19-25-26(21-10-8-7-9-11-21)29-30(4)27(25)36-24-14-12-23(34-6)13-15-24/h7-15,22,32H,16-20H2,1-6H3. The molecule has 8 nitrogen and oxygen atoms in total. The van der Waals surface area contributed by atoms with Crippen molar-refractivity contribution in [1.82, 2.24) is 14.7 Å². The van der Waals surface area contributed by atoms with E-state index in [-0.39, 0.29) is 12.2 Å². The first-order valence-electron chi connectivity index (χ1n) is 12.2. The number of aromatic nitrogens is 2. The molecule has 0 saturated heterocycles. The minimum atomic E-state index is -0.649. The van der Waals surface area contributed by atoms with Crippen molar-refractivity contribution in [3.8, 4) is 28.6 Å². The molecular weight excluding hydrogens is 458 g/mol. The lowest BCUT2D eigenvalue weighted by molar-refractivity contribution is -0.0576. The fraction of sp³-hybridized carbons (Fsp3) is 0.464. The average Bonchev–Trinajstić information content (AvgIpc) is 3.16. The van der Waals surface area contributed by atoms with Crippen LogP contribution in [0.15, 0.2) is 54.6 Å². The summed E-state index contributed by atoms with van der Waals surface area (Å²) in [6.07, 6.45) is -0.649. The highest BCUT2D eigenvalue weighted by Gasteiger charge is 2.24. The highest BCUT2D eigenvalue weighted by molar-refractivity contribution is 5.65. The second kappa shape index (κ2) is 12.9. The van der Waals surface area contributed by atoms with Gasteiger partial charge in [0.1, 0.15) is 17.2 Å². The zero-order valence-corrected chi connectivity index (χ0v) is 22.2. The fourth-order valence-electron chi connectivity index (χ4n) is 3.78. The molecule has 8 heteroatoms. The molecule has 0 bridgehead atoms. The predicted molar refractivity (Wildman–Crippen MR) is 141 cm³/mol. The van der Waals surface area contributed by atoms with Gasteiger partial charge in [0, 0.05) is 39.4 Å². The Morgan fingerprint density at radius 3 is 2.28 bits per heavy atom. The van der Waals surface area contributed by atoms with E-state index in [4.69, 9.17) is 24.0 Å². The number of aliphatic hydroxyl groups excluding tert-OH is 1. The summed E-state index contributed by atoms with van der Waals surface area (Å²) in [6.45, 7) is 8.29. The average molecular weight is 498 g/mol. The van der Waals surface area contributed by atoms with Gasteiger partial charge in [-0.1, -0.05) is 30.3 Å². The fourth-order valence-corrected chi connectivity index (χ4v) is 3.78. The molecule has 0 saturated carbocycles. The van der Waals surface area contributed by atoms with Crippen LogP contribution in [0.3, 0.4) is 0 Å². The zero-order chi connectivity index (χ0) is 26.1. The zero-order valence-electron chi connectivity index (χ0n) is 22.2. The van der Waals surface area contributed by atoms with Gasteiger partial charge in [-0.15, -0.1) is 0 Å². The molecule has 1 atom stereocenters. The number of rotatable bonds is 13. The molecule has 0 fully saturated rings. The molecule has 0 spiro atoms. The number of benzene rings is 2. The number of hydrogen-bond acceptors (Lipinski definition) is 7. The van der Waals surface area contributed by atoms with Crippen LogP contribution in [-0.4, -0.2) is 72.0 Å². The SMILES string of the molecule is COCCN(Cc1c(-c2ccccc2)nn(C)c1Oc1ccc(OC)cc1)CC(O)COC(C)(C)C. The molecule has 0 amide bonds. The van der Waals surface area contributed by atoms with E-state index in [1.54, 1.807) is 18.9 Å². The van der Waals surface area contributed by atoms with E-state index in [1.807, 2.05) is 82.4 Å². The van der Waals surface area contributed by atoms with E-state index in [2.05, 4.69) is 4.90 Å². The second-order valence-corrected chi connectivity index (χ2v) is 9.70. The number of methoxy groups -OCH3 is 2. The maximum atomic E-state index is 10.7. The van der Waals surface area contributed by atoms with Gasteiger partial charge in [0.15, 0.2) is 0 Å². The van der Waals surface area contributed by atoms with Gasteiger partial charge in [0.2, 0.25) is 5.88 Å². The molecule has 2 aromatic carbocycles. The summed E-state index contributed by atoms with van der Waals surface area (Å²) in [7, 11) is 5.19. The monoisotopic (exact) mass is 497 g/mol. The van der Waals surface area contributed by atoms with Crippen LogP contribution in [0, 0.1) is 0 Å². The number of aryl methyl sites for hydroxylation is 1. The molecule has 0 aliphatic carbocycles. The lowest BCUT2D eigenvalue weighted by Gasteiger charge is -2.27. The van der Waals surface area contributed by atoms with Crippen LogP contribution >= 0.6 is 0 Å². The minimum Gasteiger partial charge on any atom is -0.497 e. The van der Waals surface area contributed by atoms with Crippen molar-refractivity contribution in [1.29, 1.82) is 0 Å². The summed E-state index contributed by atoms with van der Waals surface area (Å²) in [4.78, 5) is 2.14. The highest BCUT2D eigenvalue weighted by Crippen LogP contribution is 2.34. The Balaban J connectivity index is 1.92. The summed E-state index contributed by atoms with van der Waals surface area (Å²) in [5.74, 6) is 2.08. The topological polar surface area (TPSA) is 78.2 Å². The number of aliphatic hydroxyl groups is 1. The molecule has 1 aromatic heterocycles. The van der Waals surface area contributed by atoms with E-state index >= 15 is 0 Å². The first-order chi connectivity index (χ1) is 17.2. The van der Waals surface area contributed by atoms with Gasteiger partial charge in [-0.25, -0.2) is 4.68 Å². The Bertz CT molecular complexity index is 1060. The number of hydrogen-bond donors (Lipinski definition) is 1. The second-order valence-electron chi connectivity index (χ2n) is 9.70. The lowest BCUT2D eigenvalue weighted by Crippen LogP contribution is -2.38. The van der Waals surface area contributed by atoms with Crippen molar-refractivity contribution >= 4 is 0 Å². The van der Waals surface area contributed by atoms with Crippen molar-refractivity contribution in [3.63, 3.8) is 0 Å². The maximum absolute atomic E-state index is 10.7. The van der Waals surface area contributed by atoms with Gasteiger partial charge in [0.25, 0.3) is 0 Å². The Kier molecular flexibility index (Phi) is 9.89. The van der Waals surface area contributed by atoms with Crippen molar-refractivity contribution < 1.29 is 24.1 Å². The quantitative estimate of drug-likeness (QED) is 0.372. The highest BCUT2D eigenvalue weighted by atomic mass is 16.5.